The fraction of sp³-hybridized carbons (Fsp3) is 0.857. The number of nitrogens with two attached hydrogens (primary N) is 1. The van der Waals surface area contributed by atoms with Gasteiger partial charge in [0.1, 0.15) is 5.54 Å². The Kier molecular flexibility index (Phi) is 4.96. The van der Waals surface area contributed by atoms with E-state index in [0.717, 1.165) is 12.8 Å². The van der Waals surface area contributed by atoms with Crippen LogP contribution in [-0.2, 0) is 9.59 Å². The molecule has 5 heteroatoms. The summed E-state index contributed by atoms with van der Waals surface area (Å²) in [6.45, 7) is 5.80. The van der Waals surface area contributed by atoms with Crippen LogP contribution < -0.4 is 11.1 Å². The van der Waals surface area contributed by atoms with Gasteiger partial charge in [0.05, 0.1) is 5.54 Å². The van der Waals surface area contributed by atoms with Crippen LogP contribution in [0.15, 0.2) is 0 Å². The Balaban J connectivity index is 2.86. The lowest BCUT2D eigenvalue weighted by molar-refractivity contribution is -0.150. The summed E-state index contributed by atoms with van der Waals surface area (Å²) < 4.78 is 0. The number of amides is 1. The minimum Gasteiger partial charge on any atom is -0.480 e. The molecular weight excluding hydrogens is 244 g/mol. The van der Waals surface area contributed by atoms with Crippen molar-refractivity contribution in [2.45, 2.75) is 70.4 Å². The zero-order chi connectivity index (χ0) is 14.7. The zero-order valence-corrected chi connectivity index (χ0v) is 12.2. The standard InChI is InChI=1S/C14H26N2O3/c1-4-13(15,5-2)11(17)16-14(12(18)19)8-6-10(3)7-9-14/h10H,4-9,15H2,1-3H3,(H,16,17)(H,18,19). The maximum absolute atomic E-state index is 12.3. The first-order chi connectivity index (χ1) is 8.79. The fourth-order valence-corrected chi connectivity index (χ4v) is 2.56. The number of carboxylic acid groups (broad SMARTS) is 1. The highest BCUT2D eigenvalue weighted by atomic mass is 16.4. The summed E-state index contributed by atoms with van der Waals surface area (Å²) in [5.74, 6) is -0.763. The molecule has 0 aliphatic heterocycles. The van der Waals surface area contributed by atoms with Gasteiger partial charge in [0.25, 0.3) is 0 Å². The summed E-state index contributed by atoms with van der Waals surface area (Å²) in [6.07, 6.45) is 3.62. The van der Waals surface area contributed by atoms with Gasteiger partial charge >= 0.3 is 5.97 Å². The summed E-state index contributed by atoms with van der Waals surface area (Å²) in [4.78, 5) is 23.9. The monoisotopic (exact) mass is 270 g/mol. The van der Waals surface area contributed by atoms with Gasteiger partial charge in [0.15, 0.2) is 0 Å². The van der Waals surface area contributed by atoms with Crippen LogP contribution >= 0.6 is 0 Å². The third-order valence-corrected chi connectivity index (χ3v) is 4.60. The number of hydrogen-bond donors (Lipinski definition) is 3. The van der Waals surface area contributed by atoms with Crippen LogP contribution in [0.25, 0.3) is 0 Å². The average molecular weight is 270 g/mol. The quantitative estimate of drug-likeness (QED) is 0.708. The highest BCUT2D eigenvalue weighted by Crippen LogP contribution is 2.32. The lowest BCUT2D eigenvalue weighted by Crippen LogP contribution is -2.63. The van der Waals surface area contributed by atoms with E-state index in [1.165, 1.54) is 0 Å². The molecule has 0 aromatic rings. The minimum atomic E-state index is -1.13. The van der Waals surface area contributed by atoms with Crippen LogP contribution in [0.2, 0.25) is 0 Å². The molecule has 1 amide bonds. The number of carboxylic acids is 1. The molecule has 1 saturated carbocycles. The SMILES string of the molecule is CCC(N)(CC)C(=O)NC1(C(=O)O)CCC(C)CC1. The maximum Gasteiger partial charge on any atom is 0.329 e. The second-order valence-corrected chi connectivity index (χ2v) is 5.89. The highest BCUT2D eigenvalue weighted by molar-refractivity contribution is 5.92. The summed E-state index contributed by atoms with van der Waals surface area (Å²) in [5.41, 5.74) is 3.95. The molecule has 4 N–H and O–H groups in total. The van der Waals surface area contributed by atoms with Gasteiger partial charge in [-0.1, -0.05) is 20.8 Å². The third kappa shape index (κ3) is 3.26. The van der Waals surface area contributed by atoms with Gasteiger partial charge in [-0.05, 0) is 44.4 Å². The molecule has 0 saturated heterocycles. The highest BCUT2D eigenvalue weighted by Gasteiger charge is 2.45. The molecule has 0 unspecified atom stereocenters. The zero-order valence-electron chi connectivity index (χ0n) is 12.2. The average Bonchev–Trinajstić information content (AvgIpc) is 2.40. The van der Waals surface area contributed by atoms with Crippen LogP contribution in [-0.4, -0.2) is 28.1 Å². The third-order valence-electron chi connectivity index (χ3n) is 4.60. The predicted molar refractivity (Wildman–Crippen MR) is 73.6 cm³/mol. The van der Waals surface area contributed by atoms with Crippen molar-refractivity contribution in [2.75, 3.05) is 0 Å². The smallest absolute Gasteiger partial charge is 0.329 e. The van der Waals surface area contributed by atoms with Crippen molar-refractivity contribution in [1.82, 2.24) is 5.32 Å². The molecule has 19 heavy (non-hydrogen) atoms. The molecule has 0 heterocycles. The Morgan fingerprint density at radius 1 is 1.32 bits per heavy atom. The molecule has 110 valence electrons. The maximum atomic E-state index is 12.3. The molecule has 1 aliphatic rings. The number of aliphatic carboxylic acids is 1. The lowest BCUT2D eigenvalue weighted by atomic mass is 9.76. The Hall–Kier alpha value is -1.10. The molecule has 0 aromatic heterocycles. The van der Waals surface area contributed by atoms with Crippen LogP contribution in [0, 0.1) is 5.92 Å². The van der Waals surface area contributed by atoms with E-state index in [2.05, 4.69) is 12.2 Å². The number of carbonyl (C=O) groups is 2. The van der Waals surface area contributed by atoms with E-state index in [0.29, 0.717) is 31.6 Å². The van der Waals surface area contributed by atoms with Crippen LogP contribution in [0.4, 0.5) is 0 Å². The van der Waals surface area contributed by atoms with Gasteiger partial charge in [-0.2, -0.15) is 0 Å². The Bertz CT molecular complexity index is 343. The first-order valence-electron chi connectivity index (χ1n) is 7.14. The van der Waals surface area contributed by atoms with E-state index in [-0.39, 0.29) is 5.91 Å². The van der Waals surface area contributed by atoms with E-state index < -0.39 is 17.0 Å². The van der Waals surface area contributed by atoms with E-state index in [1.807, 2.05) is 13.8 Å². The minimum absolute atomic E-state index is 0.338. The summed E-state index contributed by atoms with van der Waals surface area (Å²) in [7, 11) is 0. The van der Waals surface area contributed by atoms with E-state index in [1.54, 1.807) is 0 Å². The first kappa shape index (κ1) is 16.0. The van der Waals surface area contributed by atoms with E-state index >= 15 is 0 Å². The molecule has 1 fully saturated rings. The van der Waals surface area contributed by atoms with E-state index in [9.17, 15) is 14.7 Å². The van der Waals surface area contributed by atoms with Gasteiger partial charge in [0, 0.05) is 0 Å². The second-order valence-electron chi connectivity index (χ2n) is 5.89. The molecule has 0 atom stereocenters. The van der Waals surface area contributed by atoms with Crippen molar-refractivity contribution < 1.29 is 14.7 Å². The van der Waals surface area contributed by atoms with Crippen molar-refractivity contribution >= 4 is 11.9 Å². The fourth-order valence-electron chi connectivity index (χ4n) is 2.56. The van der Waals surface area contributed by atoms with E-state index in [4.69, 9.17) is 5.73 Å². The van der Waals surface area contributed by atoms with Crippen LogP contribution in [0.1, 0.15) is 59.3 Å². The number of nitrogens with one attached hydrogen (secondary N) is 1. The van der Waals surface area contributed by atoms with Gasteiger partial charge in [-0.25, -0.2) is 4.79 Å². The lowest BCUT2D eigenvalue weighted by Gasteiger charge is -2.39. The molecule has 0 radical (unpaired) electrons. The van der Waals surface area contributed by atoms with Gasteiger partial charge < -0.3 is 16.2 Å². The van der Waals surface area contributed by atoms with Crippen molar-refractivity contribution in [1.29, 1.82) is 0 Å². The van der Waals surface area contributed by atoms with Crippen molar-refractivity contribution in [2.24, 2.45) is 11.7 Å². The summed E-state index contributed by atoms with van der Waals surface area (Å²) >= 11 is 0. The molecule has 5 nitrogen and oxygen atoms in total. The van der Waals surface area contributed by atoms with Gasteiger partial charge in [-0.15, -0.1) is 0 Å². The van der Waals surface area contributed by atoms with Crippen molar-refractivity contribution in [3.8, 4) is 0 Å². The molecular formula is C14H26N2O3. The Morgan fingerprint density at radius 2 is 1.79 bits per heavy atom. The summed E-state index contributed by atoms with van der Waals surface area (Å²) in [6, 6.07) is 0. The number of carbonyl (C=O) groups excluding carboxylic acids is 1. The number of rotatable bonds is 5. The first-order valence-corrected chi connectivity index (χ1v) is 7.14. The van der Waals surface area contributed by atoms with Crippen LogP contribution in [0.3, 0.4) is 0 Å². The Morgan fingerprint density at radius 3 is 2.16 bits per heavy atom. The van der Waals surface area contributed by atoms with Crippen molar-refractivity contribution in [3.05, 3.63) is 0 Å². The molecule has 0 aromatic carbocycles. The van der Waals surface area contributed by atoms with Gasteiger partial charge in [0.2, 0.25) is 5.91 Å². The molecule has 0 bridgehead atoms. The predicted octanol–water partition coefficient (Wildman–Crippen LogP) is 1.65. The molecule has 1 rings (SSSR count). The van der Waals surface area contributed by atoms with Crippen molar-refractivity contribution in [3.63, 3.8) is 0 Å². The molecule has 1 aliphatic carbocycles. The Labute approximate surface area is 114 Å². The molecule has 0 spiro atoms. The topological polar surface area (TPSA) is 92.4 Å². The number of hydrogen-bond acceptors (Lipinski definition) is 3. The second kappa shape index (κ2) is 5.90. The van der Waals surface area contributed by atoms with Crippen LogP contribution in [0.5, 0.6) is 0 Å². The van der Waals surface area contributed by atoms with Gasteiger partial charge in [-0.3, -0.25) is 4.79 Å². The largest absolute Gasteiger partial charge is 0.480 e. The summed E-state index contributed by atoms with van der Waals surface area (Å²) in [5, 5.41) is 12.2. The normalized spacial score (nSPS) is 27.9.